The number of halogens is 4. The summed E-state index contributed by atoms with van der Waals surface area (Å²) in [6.07, 6.45) is 0. The molecule has 0 spiro atoms. The van der Waals surface area contributed by atoms with Crippen molar-refractivity contribution in [1.82, 2.24) is 4.31 Å². The van der Waals surface area contributed by atoms with Gasteiger partial charge in [0.15, 0.2) is 0 Å². The van der Waals surface area contributed by atoms with Gasteiger partial charge in [0.1, 0.15) is 4.90 Å². The maximum atomic E-state index is 14.2. The maximum absolute atomic E-state index is 14.2. The van der Waals surface area contributed by atoms with Crippen molar-refractivity contribution in [2.75, 3.05) is 0 Å². The quantitative estimate of drug-likeness (QED) is 0.323. The van der Waals surface area contributed by atoms with Crippen LogP contribution in [0.1, 0.15) is 22.3 Å². The SMILES string of the molecule is N#Cc1ccc(CN(Cc2ccc(C(F)(F)P(=O)(O)O)c(Br)c2)S(=O)(=O)c2ccccc2Cl)cc1. The monoisotopic (exact) mass is 604 g/mol. The number of alkyl halides is 2. The summed E-state index contributed by atoms with van der Waals surface area (Å²) in [6.45, 7) is -0.398. The van der Waals surface area contributed by atoms with E-state index in [4.69, 9.17) is 26.6 Å². The summed E-state index contributed by atoms with van der Waals surface area (Å²) in [5.74, 6) is 0. The van der Waals surface area contributed by atoms with Gasteiger partial charge < -0.3 is 9.79 Å². The van der Waals surface area contributed by atoms with Gasteiger partial charge in [-0.2, -0.15) is 18.3 Å². The molecule has 3 aromatic carbocycles. The summed E-state index contributed by atoms with van der Waals surface area (Å²) in [5.41, 5.74) is -4.15. The van der Waals surface area contributed by atoms with Gasteiger partial charge in [-0.15, -0.1) is 0 Å². The van der Waals surface area contributed by atoms with Crippen molar-refractivity contribution in [2.24, 2.45) is 0 Å². The third-order valence-electron chi connectivity index (χ3n) is 4.98. The molecule has 0 unspecified atom stereocenters. The highest BCUT2D eigenvalue weighted by atomic mass is 79.9. The van der Waals surface area contributed by atoms with Crippen LogP contribution < -0.4 is 0 Å². The standard InChI is InChI=1S/C22H17BrClF2N2O5PS/c23-19-11-17(9-10-18(19)22(25,26)34(29,30)31)14-28(13-16-7-5-15(12-27)6-8-16)35(32,33)21-4-2-1-3-20(21)24/h1-11H,13-14H2,(H2,29,30,31). The molecule has 7 nitrogen and oxygen atoms in total. The summed E-state index contributed by atoms with van der Waals surface area (Å²) in [7, 11) is -9.96. The van der Waals surface area contributed by atoms with Gasteiger partial charge in [0, 0.05) is 23.1 Å². The molecule has 0 aliphatic rings. The fourth-order valence-electron chi connectivity index (χ4n) is 3.17. The molecule has 0 heterocycles. The zero-order valence-corrected chi connectivity index (χ0v) is 21.7. The number of benzene rings is 3. The van der Waals surface area contributed by atoms with Gasteiger partial charge in [0.05, 0.1) is 16.7 Å². The van der Waals surface area contributed by atoms with Crippen molar-refractivity contribution in [3.05, 3.63) is 98.5 Å². The van der Waals surface area contributed by atoms with Gasteiger partial charge in [0.25, 0.3) is 0 Å². The first-order chi connectivity index (χ1) is 16.3. The Morgan fingerprint density at radius 2 is 1.60 bits per heavy atom. The Labute approximate surface area is 213 Å². The van der Waals surface area contributed by atoms with Crippen LogP contribution in [-0.2, 0) is 33.3 Å². The van der Waals surface area contributed by atoms with Crippen LogP contribution in [0.2, 0.25) is 5.02 Å². The highest BCUT2D eigenvalue weighted by Gasteiger charge is 2.51. The van der Waals surface area contributed by atoms with Crippen molar-refractivity contribution >= 4 is 45.1 Å². The Morgan fingerprint density at radius 1 is 1.03 bits per heavy atom. The van der Waals surface area contributed by atoms with E-state index in [2.05, 4.69) is 15.9 Å². The smallest absolute Gasteiger partial charge is 0.320 e. The van der Waals surface area contributed by atoms with Crippen LogP contribution in [-0.4, -0.2) is 22.5 Å². The van der Waals surface area contributed by atoms with Gasteiger partial charge in [-0.25, -0.2) is 8.42 Å². The Morgan fingerprint density at radius 3 is 2.14 bits per heavy atom. The Balaban J connectivity index is 2.03. The summed E-state index contributed by atoms with van der Waals surface area (Å²) < 4.78 is 67.4. The van der Waals surface area contributed by atoms with Crippen LogP contribution in [0.5, 0.6) is 0 Å². The van der Waals surface area contributed by atoms with E-state index in [9.17, 15) is 21.8 Å². The molecule has 0 radical (unpaired) electrons. The minimum absolute atomic E-state index is 0.00450. The highest BCUT2D eigenvalue weighted by Crippen LogP contribution is 2.60. The number of nitrogens with zero attached hydrogens (tertiary/aromatic N) is 2. The number of rotatable bonds is 8. The average molecular weight is 606 g/mol. The molecular formula is C22H17BrClF2N2O5PS. The van der Waals surface area contributed by atoms with E-state index >= 15 is 0 Å². The van der Waals surface area contributed by atoms with Gasteiger partial charge in [-0.3, -0.25) is 4.57 Å². The number of nitriles is 1. The molecule has 0 aliphatic carbocycles. The topological polar surface area (TPSA) is 119 Å². The predicted molar refractivity (Wildman–Crippen MR) is 129 cm³/mol. The first kappa shape index (κ1) is 27.4. The number of sulfonamides is 1. The molecule has 0 fully saturated rings. The van der Waals surface area contributed by atoms with Crippen LogP contribution in [0.4, 0.5) is 8.78 Å². The first-order valence-corrected chi connectivity index (χ1v) is 14.0. The van der Waals surface area contributed by atoms with Gasteiger partial charge >= 0.3 is 13.3 Å². The molecule has 0 aromatic heterocycles. The lowest BCUT2D eigenvalue weighted by Gasteiger charge is -2.24. The zero-order chi connectivity index (χ0) is 26.0. The number of hydrogen-bond donors (Lipinski definition) is 2. The van der Waals surface area contributed by atoms with Crippen LogP contribution in [0.15, 0.2) is 76.1 Å². The van der Waals surface area contributed by atoms with Crippen molar-refractivity contribution in [3.63, 3.8) is 0 Å². The number of hydrogen-bond acceptors (Lipinski definition) is 4. The Bertz CT molecular complexity index is 1440. The predicted octanol–water partition coefficient (Wildman–Crippen LogP) is 5.59. The fraction of sp³-hybridized carbons (Fsp3) is 0.136. The Hall–Kier alpha value is -2.16. The maximum Gasteiger partial charge on any atom is 0.399 e. The summed E-state index contributed by atoms with van der Waals surface area (Å²) in [6, 6.07) is 17.2. The van der Waals surface area contributed by atoms with Crippen LogP contribution in [0.25, 0.3) is 0 Å². The summed E-state index contributed by atoms with van der Waals surface area (Å²) in [4.78, 5) is 17.9. The second-order valence-electron chi connectivity index (χ2n) is 7.41. The normalized spacial score (nSPS) is 12.5. The molecule has 184 valence electrons. The van der Waals surface area contributed by atoms with Crippen molar-refractivity contribution in [3.8, 4) is 6.07 Å². The molecule has 0 atom stereocenters. The molecule has 2 N–H and O–H groups in total. The van der Waals surface area contributed by atoms with E-state index in [1.54, 1.807) is 18.2 Å². The van der Waals surface area contributed by atoms with Crippen molar-refractivity contribution < 1.29 is 31.6 Å². The molecule has 0 saturated heterocycles. The lowest BCUT2D eigenvalue weighted by atomic mass is 10.1. The van der Waals surface area contributed by atoms with Gasteiger partial charge in [-0.05, 0) is 41.5 Å². The zero-order valence-electron chi connectivity index (χ0n) is 17.6. The van der Waals surface area contributed by atoms with Crippen molar-refractivity contribution in [2.45, 2.75) is 23.6 Å². The van der Waals surface area contributed by atoms with Crippen molar-refractivity contribution in [1.29, 1.82) is 5.26 Å². The van der Waals surface area contributed by atoms with Gasteiger partial charge in [-0.1, -0.05) is 63.9 Å². The first-order valence-electron chi connectivity index (χ1n) is 9.73. The molecule has 3 rings (SSSR count). The summed E-state index contributed by atoms with van der Waals surface area (Å²) in [5, 5.41) is 8.99. The van der Waals surface area contributed by atoms with Crippen LogP contribution in [0, 0.1) is 11.3 Å². The fourth-order valence-corrected chi connectivity index (χ4v) is 6.42. The minimum atomic E-state index is -5.79. The Kier molecular flexibility index (Phi) is 8.19. The van der Waals surface area contributed by atoms with E-state index in [0.29, 0.717) is 11.1 Å². The second-order valence-corrected chi connectivity index (χ2v) is 12.2. The molecule has 0 saturated carbocycles. The third kappa shape index (κ3) is 5.98. The van der Waals surface area contributed by atoms with Crippen LogP contribution in [0.3, 0.4) is 0 Å². The lowest BCUT2D eigenvalue weighted by Crippen LogP contribution is -2.30. The van der Waals surface area contributed by atoms with Crippen LogP contribution >= 0.6 is 35.1 Å². The second kappa shape index (κ2) is 10.4. The molecule has 0 bridgehead atoms. The highest BCUT2D eigenvalue weighted by molar-refractivity contribution is 9.10. The summed E-state index contributed by atoms with van der Waals surface area (Å²) >= 11 is 9.04. The van der Waals surface area contributed by atoms with E-state index in [0.717, 1.165) is 16.4 Å². The third-order valence-corrected chi connectivity index (χ3v) is 8.90. The molecule has 35 heavy (non-hydrogen) atoms. The van der Waals surface area contributed by atoms with E-state index in [1.807, 2.05) is 6.07 Å². The van der Waals surface area contributed by atoms with E-state index in [1.165, 1.54) is 36.4 Å². The van der Waals surface area contributed by atoms with E-state index in [-0.39, 0.29) is 33.0 Å². The molecule has 3 aromatic rings. The van der Waals surface area contributed by atoms with Gasteiger partial charge in [0.2, 0.25) is 10.0 Å². The largest absolute Gasteiger partial charge is 0.399 e. The molecule has 0 aliphatic heterocycles. The van der Waals surface area contributed by atoms with E-state index < -0.39 is 28.8 Å². The molecular weight excluding hydrogens is 589 g/mol. The minimum Gasteiger partial charge on any atom is -0.320 e. The average Bonchev–Trinajstić information content (AvgIpc) is 2.78. The molecule has 0 amide bonds. The molecule has 13 heteroatoms. The lowest BCUT2D eigenvalue weighted by molar-refractivity contribution is 0.0557.